The number of hydrogen-bond donors (Lipinski definition) is 2. The second-order valence-electron chi connectivity index (χ2n) is 5.21. The molecule has 1 saturated carbocycles. The summed E-state index contributed by atoms with van der Waals surface area (Å²) in [6.45, 7) is 1.92. The van der Waals surface area contributed by atoms with Gasteiger partial charge in [-0.05, 0) is 19.8 Å². The molecule has 0 saturated heterocycles. The van der Waals surface area contributed by atoms with Gasteiger partial charge < -0.3 is 10.4 Å². The molecule has 6 nitrogen and oxygen atoms in total. The number of aryl methyl sites for hydroxylation is 1. The zero-order valence-electron chi connectivity index (χ0n) is 11.5. The number of nitrogens with zero attached hydrogens (tertiary/aromatic N) is 4. The van der Waals surface area contributed by atoms with Gasteiger partial charge in [-0.15, -0.1) is 0 Å². The monoisotopic (exact) mass is 273 g/mol. The van der Waals surface area contributed by atoms with E-state index in [1.165, 1.54) is 0 Å². The molecule has 0 spiro atoms. The molecule has 2 heterocycles. The number of imidazole rings is 1. The summed E-state index contributed by atoms with van der Waals surface area (Å²) in [6.07, 6.45) is 10.8. The van der Waals surface area contributed by atoms with Crippen molar-refractivity contribution in [1.82, 2.24) is 19.5 Å². The van der Waals surface area contributed by atoms with Crippen LogP contribution in [-0.4, -0.2) is 36.8 Å². The Morgan fingerprint density at radius 3 is 2.90 bits per heavy atom. The molecule has 106 valence electrons. The van der Waals surface area contributed by atoms with Gasteiger partial charge in [-0.25, -0.2) is 9.97 Å². The average molecular weight is 273 g/mol. The van der Waals surface area contributed by atoms with Crippen LogP contribution in [0.15, 0.2) is 24.8 Å². The summed E-state index contributed by atoms with van der Waals surface area (Å²) in [5.41, 5.74) is 0. The van der Waals surface area contributed by atoms with Crippen LogP contribution in [0.2, 0.25) is 0 Å². The maximum Gasteiger partial charge on any atom is 0.159 e. The lowest BCUT2D eigenvalue weighted by molar-refractivity contribution is 0.116. The van der Waals surface area contributed by atoms with E-state index in [1.54, 1.807) is 18.6 Å². The highest BCUT2D eigenvalue weighted by molar-refractivity contribution is 5.38. The van der Waals surface area contributed by atoms with Crippen molar-refractivity contribution in [3.8, 4) is 5.82 Å². The van der Waals surface area contributed by atoms with Gasteiger partial charge >= 0.3 is 0 Å². The summed E-state index contributed by atoms with van der Waals surface area (Å²) in [5, 5.41) is 13.3. The fourth-order valence-corrected chi connectivity index (χ4v) is 2.63. The van der Waals surface area contributed by atoms with E-state index in [9.17, 15) is 5.11 Å². The minimum atomic E-state index is -0.302. The molecular formula is C14H19N5O. The summed E-state index contributed by atoms with van der Waals surface area (Å²) in [7, 11) is 0. The second kappa shape index (κ2) is 5.58. The first-order valence-electron chi connectivity index (χ1n) is 7.01. The highest BCUT2D eigenvalue weighted by Crippen LogP contribution is 2.21. The average Bonchev–Trinajstić information content (AvgIpc) is 2.88. The van der Waals surface area contributed by atoms with E-state index in [0.29, 0.717) is 5.82 Å². The summed E-state index contributed by atoms with van der Waals surface area (Å²) in [4.78, 5) is 12.9. The smallest absolute Gasteiger partial charge is 0.159 e. The van der Waals surface area contributed by atoms with Crippen molar-refractivity contribution in [1.29, 1.82) is 0 Å². The van der Waals surface area contributed by atoms with Crippen LogP contribution in [0, 0.1) is 6.92 Å². The zero-order chi connectivity index (χ0) is 13.9. The minimum Gasteiger partial charge on any atom is -0.391 e. The Kier molecular flexibility index (Phi) is 3.64. The minimum absolute atomic E-state index is 0.0668. The molecule has 2 atom stereocenters. The Balaban J connectivity index is 1.79. The number of aliphatic hydroxyl groups is 1. The van der Waals surface area contributed by atoms with Gasteiger partial charge in [-0.1, -0.05) is 12.8 Å². The molecule has 0 unspecified atom stereocenters. The Bertz CT molecular complexity index is 582. The fourth-order valence-electron chi connectivity index (χ4n) is 2.63. The quantitative estimate of drug-likeness (QED) is 0.890. The predicted molar refractivity (Wildman–Crippen MR) is 75.8 cm³/mol. The van der Waals surface area contributed by atoms with E-state index < -0.39 is 0 Å². The normalized spacial score (nSPS) is 22.7. The van der Waals surface area contributed by atoms with Gasteiger partial charge in [0, 0.05) is 12.4 Å². The van der Waals surface area contributed by atoms with E-state index in [-0.39, 0.29) is 12.1 Å². The van der Waals surface area contributed by atoms with Gasteiger partial charge in [0.2, 0.25) is 0 Å². The van der Waals surface area contributed by atoms with Crippen molar-refractivity contribution < 1.29 is 5.11 Å². The first-order valence-corrected chi connectivity index (χ1v) is 7.01. The lowest BCUT2D eigenvalue weighted by Crippen LogP contribution is -2.36. The first-order chi connectivity index (χ1) is 9.74. The molecule has 0 radical (unpaired) electrons. The molecule has 1 fully saturated rings. The first kappa shape index (κ1) is 13.1. The van der Waals surface area contributed by atoms with Crippen molar-refractivity contribution >= 4 is 5.82 Å². The lowest BCUT2D eigenvalue weighted by Gasteiger charge is -2.28. The van der Waals surface area contributed by atoms with Crippen LogP contribution in [0.4, 0.5) is 5.82 Å². The fraction of sp³-hybridized carbons (Fsp3) is 0.500. The maximum absolute atomic E-state index is 10.0. The summed E-state index contributed by atoms with van der Waals surface area (Å²) >= 11 is 0. The Labute approximate surface area is 117 Å². The van der Waals surface area contributed by atoms with Gasteiger partial charge in [0.1, 0.15) is 11.6 Å². The van der Waals surface area contributed by atoms with Gasteiger partial charge in [-0.2, -0.15) is 0 Å². The van der Waals surface area contributed by atoms with E-state index in [4.69, 9.17) is 0 Å². The predicted octanol–water partition coefficient (Wildman–Crippen LogP) is 1.69. The van der Waals surface area contributed by atoms with E-state index in [0.717, 1.165) is 37.3 Å². The SMILES string of the molecule is Cc1nccn1-c1cncc(N[C@H]2CCCC[C@@H]2O)n1. The molecule has 20 heavy (non-hydrogen) atoms. The summed E-state index contributed by atoms with van der Waals surface area (Å²) in [5.74, 6) is 2.30. The summed E-state index contributed by atoms with van der Waals surface area (Å²) in [6, 6.07) is 0.0668. The van der Waals surface area contributed by atoms with Crippen LogP contribution in [0.1, 0.15) is 31.5 Å². The van der Waals surface area contributed by atoms with Gasteiger partial charge in [0.05, 0.1) is 24.5 Å². The van der Waals surface area contributed by atoms with Crippen LogP contribution in [0.25, 0.3) is 5.82 Å². The molecule has 3 rings (SSSR count). The van der Waals surface area contributed by atoms with Crippen molar-refractivity contribution in [2.45, 2.75) is 44.8 Å². The van der Waals surface area contributed by atoms with Crippen LogP contribution in [0.3, 0.4) is 0 Å². The van der Waals surface area contributed by atoms with Crippen LogP contribution in [-0.2, 0) is 0 Å². The number of aromatic nitrogens is 4. The van der Waals surface area contributed by atoms with Crippen molar-refractivity contribution in [3.05, 3.63) is 30.6 Å². The number of hydrogen-bond acceptors (Lipinski definition) is 5. The molecule has 0 amide bonds. The standard InChI is InChI=1S/C14H19N5O/c1-10-16-6-7-19(10)14-9-15-8-13(18-14)17-11-4-2-3-5-12(11)20/h6-9,11-12,20H,2-5H2,1H3,(H,17,18)/t11-,12-/m0/s1. The van der Waals surface area contributed by atoms with Crippen LogP contribution in [0.5, 0.6) is 0 Å². The number of nitrogens with one attached hydrogen (secondary N) is 1. The molecule has 6 heteroatoms. The molecule has 2 N–H and O–H groups in total. The van der Waals surface area contributed by atoms with Crippen LogP contribution >= 0.6 is 0 Å². The molecule has 1 aliphatic rings. The third kappa shape index (κ3) is 2.65. The Morgan fingerprint density at radius 1 is 1.30 bits per heavy atom. The lowest BCUT2D eigenvalue weighted by atomic mass is 9.93. The van der Waals surface area contributed by atoms with Crippen LogP contribution < -0.4 is 5.32 Å². The van der Waals surface area contributed by atoms with Crippen molar-refractivity contribution in [2.24, 2.45) is 0 Å². The van der Waals surface area contributed by atoms with Crippen molar-refractivity contribution in [3.63, 3.8) is 0 Å². The molecule has 0 bridgehead atoms. The summed E-state index contributed by atoms with van der Waals surface area (Å²) < 4.78 is 1.88. The Morgan fingerprint density at radius 2 is 2.15 bits per heavy atom. The number of rotatable bonds is 3. The third-order valence-electron chi connectivity index (χ3n) is 3.76. The molecule has 2 aromatic rings. The number of aliphatic hydroxyl groups excluding tert-OH is 1. The highest BCUT2D eigenvalue weighted by Gasteiger charge is 2.23. The van der Waals surface area contributed by atoms with Gasteiger partial charge in [0.15, 0.2) is 5.82 Å². The van der Waals surface area contributed by atoms with E-state index in [2.05, 4.69) is 20.3 Å². The van der Waals surface area contributed by atoms with Gasteiger partial charge in [-0.3, -0.25) is 9.55 Å². The highest BCUT2D eigenvalue weighted by atomic mass is 16.3. The van der Waals surface area contributed by atoms with Gasteiger partial charge in [0.25, 0.3) is 0 Å². The molecule has 0 aliphatic heterocycles. The number of anilines is 1. The van der Waals surface area contributed by atoms with E-state index >= 15 is 0 Å². The molecule has 1 aliphatic carbocycles. The largest absolute Gasteiger partial charge is 0.391 e. The second-order valence-corrected chi connectivity index (χ2v) is 5.21. The Hall–Kier alpha value is -1.95. The molecular weight excluding hydrogens is 254 g/mol. The zero-order valence-corrected chi connectivity index (χ0v) is 11.5. The van der Waals surface area contributed by atoms with E-state index in [1.807, 2.05) is 17.7 Å². The topological polar surface area (TPSA) is 75.9 Å². The molecule has 2 aromatic heterocycles. The third-order valence-corrected chi connectivity index (χ3v) is 3.76. The van der Waals surface area contributed by atoms with Crippen molar-refractivity contribution in [2.75, 3.05) is 5.32 Å². The maximum atomic E-state index is 10.0. The molecule has 0 aromatic carbocycles.